The zero-order valence-corrected chi connectivity index (χ0v) is 17.7. The fraction of sp³-hybridized carbons (Fsp3) is 0.217. The Labute approximate surface area is 184 Å². The lowest BCUT2D eigenvalue weighted by atomic mass is 10.2. The van der Waals surface area contributed by atoms with Crippen molar-refractivity contribution < 1.29 is 14.3 Å². The van der Waals surface area contributed by atoms with Crippen molar-refractivity contribution in [3.05, 3.63) is 72.1 Å². The van der Waals surface area contributed by atoms with Crippen molar-refractivity contribution in [2.24, 2.45) is 0 Å². The van der Waals surface area contributed by atoms with Gasteiger partial charge in [-0.05, 0) is 18.6 Å². The number of aromatic nitrogens is 4. The average Bonchev–Trinajstić information content (AvgIpc) is 3.37. The van der Waals surface area contributed by atoms with Crippen molar-refractivity contribution >= 4 is 28.5 Å². The maximum Gasteiger partial charge on any atom is 0.270 e. The topological polar surface area (TPSA) is 105 Å². The van der Waals surface area contributed by atoms with Crippen molar-refractivity contribution in [3.8, 4) is 5.75 Å². The van der Waals surface area contributed by atoms with Gasteiger partial charge in [-0.1, -0.05) is 30.3 Å². The molecule has 1 atom stereocenters. The Morgan fingerprint density at radius 3 is 2.91 bits per heavy atom. The van der Waals surface area contributed by atoms with Crippen LogP contribution >= 0.6 is 0 Å². The lowest BCUT2D eigenvalue weighted by Gasteiger charge is -2.20. The van der Waals surface area contributed by atoms with E-state index in [0.29, 0.717) is 23.7 Å². The molecule has 0 saturated carbocycles. The van der Waals surface area contributed by atoms with E-state index < -0.39 is 6.04 Å². The number of benzene rings is 2. The molecule has 0 bridgehead atoms. The molecule has 0 aliphatic carbocycles. The van der Waals surface area contributed by atoms with Gasteiger partial charge in [0.25, 0.3) is 11.8 Å². The normalized spacial score (nSPS) is 15.9. The summed E-state index contributed by atoms with van der Waals surface area (Å²) in [6.07, 6.45) is 3.10. The van der Waals surface area contributed by atoms with Crippen LogP contribution in [0.5, 0.6) is 5.75 Å². The van der Waals surface area contributed by atoms with Crippen molar-refractivity contribution in [2.75, 3.05) is 18.6 Å². The van der Waals surface area contributed by atoms with Crippen LogP contribution in [0.25, 0.3) is 11.0 Å². The lowest BCUT2D eigenvalue weighted by molar-refractivity contribution is -0.120. The van der Waals surface area contributed by atoms with Gasteiger partial charge in [0.05, 0.1) is 29.2 Å². The number of fused-ring (bicyclic) bond motifs is 2. The zero-order chi connectivity index (χ0) is 22.2. The molecule has 0 spiro atoms. The molecular weight excluding hydrogens is 408 g/mol. The minimum atomic E-state index is -0.840. The Morgan fingerprint density at radius 2 is 2.09 bits per heavy atom. The molecule has 2 aromatic heterocycles. The van der Waals surface area contributed by atoms with Gasteiger partial charge < -0.3 is 24.5 Å². The van der Waals surface area contributed by atoms with Gasteiger partial charge in [0.1, 0.15) is 29.9 Å². The highest BCUT2D eigenvalue weighted by molar-refractivity contribution is 6.04. The predicted octanol–water partition coefficient (Wildman–Crippen LogP) is 2.27. The molecule has 2 N–H and O–H groups in total. The van der Waals surface area contributed by atoms with Crippen molar-refractivity contribution in [1.82, 2.24) is 24.8 Å². The molecule has 5 rings (SSSR count). The van der Waals surface area contributed by atoms with Crippen LogP contribution in [-0.4, -0.2) is 51.0 Å². The number of aryl methyl sites for hydroxylation is 1. The van der Waals surface area contributed by atoms with E-state index >= 15 is 0 Å². The maximum absolute atomic E-state index is 13.1. The smallest absolute Gasteiger partial charge is 0.270 e. The Hall–Kier alpha value is -4.14. The van der Waals surface area contributed by atoms with Crippen LogP contribution in [0.1, 0.15) is 21.9 Å². The first kappa shape index (κ1) is 19.8. The number of imidazole rings is 2. The molecule has 0 radical (unpaired) electrons. The summed E-state index contributed by atoms with van der Waals surface area (Å²) >= 11 is 0. The van der Waals surface area contributed by atoms with E-state index in [0.717, 1.165) is 22.4 Å². The van der Waals surface area contributed by atoms with Gasteiger partial charge in [0, 0.05) is 19.7 Å². The summed E-state index contributed by atoms with van der Waals surface area (Å²) in [6.45, 7) is 2.39. The van der Waals surface area contributed by atoms with Gasteiger partial charge in [-0.3, -0.25) is 9.59 Å². The molecule has 2 aromatic carbocycles. The number of likely N-dealkylation sites (N-methyl/N-ethyl adjacent to an activating group) is 1. The predicted molar refractivity (Wildman–Crippen MR) is 119 cm³/mol. The van der Waals surface area contributed by atoms with Crippen LogP contribution in [-0.2, 0) is 11.3 Å². The van der Waals surface area contributed by atoms with E-state index in [9.17, 15) is 9.59 Å². The average molecular weight is 430 g/mol. The van der Waals surface area contributed by atoms with E-state index in [1.54, 1.807) is 24.0 Å². The van der Waals surface area contributed by atoms with Gasteiger partial charge in [-0.2, -0.15) is 0 Å². The largest absolute Gasteiger partial charge is 0.489 e. The third-order valence-electron chi connectivity index (χ3n) is 5.52. The molecule has 0 unspecified atom stereocenters. The quantitative estimate of drug-likeness (QED) is 0.517. The number of carbonyl (C=O) groups excluding carboxylic acids is 2. The molecule has 0 fully saturated rings. The lowest BCUT2D eigenvalue weighted by Crippen LogP contribution is -2.49. The van der Waals surface area contributed by atoms with Crippen LogP contribution in [0.15, 0.2) is 55.0 Å². The second kappa shape index (κ2) is 7.84. The third kappa shape index (κ3) is 3.58. The first-order valence-corrected chi connectivity index (χ1v) is 10.3. The van der Waals surface area contributed by atoms with Gasteiger partial charge in [-0.25, -0.2) is 9.97 Å². The molecule has 32 heavy (non-hydrogen) atoms. The van der Waals surface area contributed by atoms with Crippen LogP contribution in [0.3, 0.4) is 0 Å². The van der Waals surface area contributed by atoms with Gasteiger partial charge in [0.15, 0.2) is 0 Å². The molecule has 4 aromatic rings. The third-order valence-corrected chi connectivity index (χ3v) is 5.52. The Bertz CT molecular complexity index is 1310. The number of nitrogens with one attached hydrogen (secondary N) is 2. The number of nitrogens with zero attached hydrogens (tertiary/aromatic N) is 4. The van der Waals surface area contributed by atoms with Crippen LogP contribution in [0.2, 0.25) is 0 Å². The second-order valence-electron chi connectivity index (χ2n) is 7.79. The number of anilines is 1. The molecule has 2 amide bonds. The summed E-state index contributed by atoms with van der Waals surface area (Å²) in [6, 6.07) is 12.6. The molecule has 1 aliphatic heterocycles. The minimum Gasteiger partial charge on any atom is -0.489 e. The number of ether oxygens (including phenoxy) is 1. The number of carbonyl (C=O) groups is 2. The number of hydrogen-bond donors (Lipinski definition) is 2. The fourth-order valence-electron chi connectivity index (χ4n) is 3.88. The van der Waals surface area contributed by atoms with Gasteiger partial charge >= 0.3 is 0 Å². The highest BCUT2D eigenvalue weighted by atomic mass is 16.5. The molecular formula is C23H22N6O3. The number of aromatic amines is 1. The summed E-state index contributed by atoms with van der Waals surface area (Å²) in [5.74, 6) is 0.683. The van der Waals surface area contributed by atoms with E-state index in [4.69, 9.17) is 4.74 Å². The monoisotopic (exact) mass is 430 g/mol. The number of amides is 2. The number of H-pyrrole nitrogens is 1. The van der Waals surface area contributed by atoms with Gasteiger partial charge in [-0.15, -0.1) is 0 Å². The van der Waals surface area contributed by atoms with Crippen LogP contribution in [0.4, 0.5) is 5.69 Å². The first-order chi connectivity index (χ1) is 15.5. The molecule has 9 heteroatoms. The van der Waals surface area contributed by atoms with E-state index in [2.05, 4.69) is 20.3 Å². The zero-order valence-electron chi connectivity index (χ0n) is 17.7. The van der Waals surface area contributed by atoms with E-state index in [1.165, 1.54) is 11.1 Å². The maximum atomic E-state index is 13.1. The second-order valence-corrected chi connectivity index (χ2v) is 7.79. The molecule has 3 heterocycles. The van der Waals surface area contributed by atoms with Gasteiger partial charge in [0.2, 0.25) is 0 Å². The molecule has 0 saturated heterocycles. The highest BCUT2D eigenvalue weighted by Gasteiger charge is 2.32. The highest BCUT2D eigenvalue weighted by Crippen LogP contribution is 2.34. The summed E-state index contributed by atoms with van der Waals surface area (Å²) in [7, 11) is 1.67. The van der Waals surface area contributed by atoms with Crippen molar-refractivity contribution in [3.63, 3.8) is 0 Å². The summed E-state index contributed by atoms with van der Waals surface area (Å²) in [4.78, 5) is 39.3. The summed E-state index contributed by atoms with van der Waals surface area (Å²) < 4.78 is 7.66. The summed E-state index contributed by atoms with van der Waals surface area (Å²) in [5.41, 5.74) is 3.62. The SMILES string of the molecule is Cc1nc2cc3c(cc2[nH]1)N(C)C(=O)[C@H](NC(=O)c1cncn1Cc1ccccc1)CO3. The Balaban J connectivity index is 1.36. The fourth-order valence-corrected chi connectivity index (χ4v) is 3.88. The van der Waals surface area contributed by atoms with Crippen LogP contribution < -0.4 is 15.0 Å². The number of hydrogen-bond acceptors (Lipinski definition) is 5. The standard InChI is InChI=1S/C23H22N6O3/c1-14-25-16-8-19-21(9-17(16)26-14)32-12-18(23(31)28(19)2)27-22(30)20-10-24-13-29(20)11-15-6-4-3-5-7-15/h3-10,13,18H,11-12H2,1-2H3,(H,25,26)(H,27,30)/t18-/m1/s1. The Morgan fingerprint density at radius 1 is 1.28 bits per heavy atom. The van der Waals surface area contributed by atoms with Crippen molar-refractivity contribution in [1.29, 1.82) is 0 Å². The Kier molecular flexibility index (Phi) is 4.85. The molecule has 1 aliphatic rings. The molecule has 9 nitrogen and oxygen atoms in total. The first-order valence-electron chi connectivity index (χ1n) is 10.3. The van der Waals surface area contributed by atoms with E-state index in [-0.39, 0.29) is 18.4 Å². The van der Waals surface area contributed by atoms with Crippen LogP contribution in [0, 0.1) is 6.92 Å². The molecule has 162 valence electrons. The summed E-state index contributed by atoms with van der Waals surface area (Å²) in [5, 5.41) is 2.81. The number of rotatable bonds is 4. The van der Waals surface area contributed by atoms with Crippen molar-refractivity contribution in [2.45, 2.75) is 19.5 Å². The van der Waals surface area contributed by atoms with E-state index in [1.807, 2.05) is 43.3 Å². The minimum absolute atomic E-state index is 0.0175.